The monoisotopic (exact) mass is 358 g/mol. The van der Waals surface area contributed by atoms with Crippen LogP contribution in [0.1, 0.15) is 17.3 Å². The van der Waals surface area contributed by atoms with Gasteiger partial charge in [0.2, 0.25) is 5.43 Å². The number of benzene rings is 1. The van der Waals surface area contributed by atoms with Crippen molar-refractivity contribution < 1.29 is 9.53 Å². The number of nitrogen functional groups attached to an aromatic ring is 1. The highest BCUT2D eigenvalue weighted by Gasteiger charge is 2.16. The van der Waals surface area contributed by atoms with Gasteiger partial charge in [-0.2, -0.15) is 0 Å². The zero-order valence-electron chi connectivity index (χ0n) is 9.62. The second-order valence-electron chi connectivity index (χ2n) is 3.64. The number of H-pyrrole nitrogens is 1. The van der Waals surface area contributed by atoms with Crippen LogP contribution in [0.15, 0.2) is 23.1 Å². The molecule has 1 heterocycles. The van der Waals surface area contributed by atoms with Crippen LogP contribution < -0.4 is 11.2 Å². The molecule has 0 radical (unpaired) electrons. The second-order valence-corrected chi connectivity index (χ2v) is 4.80. The molecule has 0 atom stereocenters. The standard InChI is InChI=1S/C12H11IN2O3/c1-2-18-12(17)6-5-15-8-4-3-7(13)10(14)9(8)11(6)16/h3-5H,2,14H2,1H3,(H,15,16). The van der Waals surface area contributed by atoms with Crippen molar-refractivity contribution in [3.8, 4) is 0 Å². The zero-order valence-corrected chi connectivity index (χ0v) is 11.8. The molecule has 0 fully saturated rings. The van der Waals surface area contributed by atoms with Crippen LogP contribution in [0.5, 0.6) is 0 Å². The number of hydrogen-bond donors (Lipinski definition) is 2. The Kier molecular flexibility index (Phi) is 3.55. The quantitative estimate of drug-likeness (QED) is 0.488. The summed E-state index contributed by atoms with van der Waals surface area (Å²) in [4.78, 5) is 26.7. The lowest BCUT2D eigenvalue weighted by molar-refractivity contribution is 0.0524. The minimum atomic E-state index is -0.640. The van der Waals surface area contributed by atoms with Crippen molar-refractivity contribution in [2.75, 3.05) is 12.3 Å². The predicted octanol–water partition coefficient (Wildman–Crippen LogP) is 1.89. The number of fused-ring (bicyclic) bond motifs is 1. The van der Waals surface area contributed by atoms with Crippen LogP contribution in [0.4, 0.5) is 5.69 Å². The summed E-state index contributed by atoms with van der Waals surface area (Å²) in [5.41, 5.74) is 6.43. The van der Waals surface area contributed by atoms with Crippen LogP contribution in [-0.4, -0.2) is 17.6 Å². The highest BCUT2D eigenvalue weighted by Crippen LogP contribution is 2.22. The van der Waals surface area contributed by atoms with Gasteiger partial charge in [-0.1, -0.05) is 0 Å². The maximum Gasteiger partial charge on any atom is 0.343 e. The number of halogens is 1. The van der Waals surface area contributed by atoms with E-state index in [1.807, 2.05) is 22.6 Å². The van der Waals surface area contributed by atoms with E-state index in [2.05, 4.69) is 4.98 Å². The molecule has 18 heavy (non-hydrogen) atoms. The molecule has 0 aliphatic carbocycles. The van der Waals surface area contributed by atoms with E-state index in [9.17, 15) is 9.59 Å². The van der Waals surface area contributed by atoms with E-state index in [0.717, 1.165) is 3.57 Å². The zero-order chi connectivity index (χ0) is 13.3. The third kappa shape index (κ3) is 2.07. The fraction of sp³-hybridized carbons (Fsp3) is 0.167. The summed E-state index contributed by atoms with van der Waals surface area (Å²) in [7, 11) is 0. The van der Waals surface area contributed by atoms with Crippen molar-refractivity contribution in [3.63, 3.8) is 0 Å². The van der Waals surface area contributed by atoms with Crippen LogP contribution in [0.2, 0.25) is 0 Å². The number of carbonyl (C=O) groups excluding carboxylic acids is 1. The van der Waals surface area contributed by atoms with Gasteiger partial charge in [-0.15, -0.1) is 0 Å². The molecule has 2 aromatic rings. The number of pyridine rings is 1. The first-order valence-electron chi connectivity index (χ1n) is 5.32. The molecule has 0 bridgehead atoms. The highest BCUT2D eigenvalue weighted by molar-refractivity contribution is 14.1. The van der Waals surface area contributed by atoms with Crippen molar-refractivity contribution in [3.05, 3.63) is 37.7 Å². The maximum absolute atomic E-state index is 12.2. The van der Waals surface area contributed by atoms with Crippen molar-refractivity contribution in [1.82, 2.24) is 4.98 Å². The third-order valence-corrected chi connectivity index (χ3v) is 3.47. The molecular weight excluding hydrogens is 347 g/mol. The number of nitrogens with two attached hydrogens (primary N) is 1. The van der Waals surface area contributed by atoms with E-state index in [1.165, 1.54) is 6.20 Å². The minimum Gasteiger partial charge on any atom is -0.462 e. The van der Waals surface area contributed by atoms with E-state index in [-0.39, 0.29) is 12.2 Å². The molecule has 3 N–H and O–H groups in total. The number of carbonyl (C=O) groups is 1. The van der Waals surface area contributed by atoms with E-state index in [0.29, 0.717) is 16.6 Å². The molecule has 1 aromatic carbocycles. The highest BCUT2D eigenvalue weighted by atomic mass is 127. The molecule has 0 aliphatic heterocycles. The number of hydrogen-bond acceptors (Lipinski definition) is 4. The van der Waals surface area contributed by atoms with E-state index >= 15 is 0 Å². The first-order chi connectivity index (χ1) is 8.56. The molecule has 0 aliphatic rings. The average Bonchev–Trinajstić information content (AvgIpc) is 2.34. The summed E-state index contributed by atoms with van der Waals surface area (Å²) >= 11 is 2.04. The van der Waals surface area contributed by atoms with Gasteiger partial charge in [0.05, 0.1) is 23.2 Å². The van der Waals surface area contributed by atoms with E-state index < -0.39 is 11.4 Å². The molecule has 0 saturated heterocycles. The van der Waals surface area contributed by atoms with Gasteiger partial charge in [-0.3, -0.25) is 4.79 Å². The Bertz CT molecular complexity index is 679. The Morgan fingerprint density at radius 3 is 2.89 bits per heavy atom. The molecule has 5 nitrogen and oxygen atoms in total. The Balaban J connectivity index is 2.74. The molecule has 2 rings (SSSR count). The number of aromatic amines is 1. The Labute approximate surface area is 116 Å². The predicted molar refractivity (Wildman–Crippen MR) is 77.7 cm³/mol. The molecule has 0 unspecified atom stereocenters. The first-order valence-corrected chi connectivity index (χ1v) is 6.40. The van der Waals surface area contributed by atoms with Gasteiger partial charge >= 0.3 is 5.97 Å². The summed E-state index contributed by atoms with van der Waals surface area (Å²) < 4.78 is 5.60. The molecule has 0 spiro atoms. The summed E-state index contributed by atoms with van der Waals surface area (Å²) in [6.07, 6.45) is 1.36. The molecular formula is C12H11IN2O3. The van der Waals surface area contributed by atoms with Crippen LogP contribution in [-0.2, 0) is 4.74 Å². The number of rotatable bonds is 2. The van der Waals surface area contributed by atoms with Crippen LogP contribution >= 0.6 is 22.6 Å². The SMILES string of the molecule is CCOC(=O)c1c[nH]c2ccc(I)c(N)c2c1=O. The molecule has 0 amide bonds. The summed E-state index contributed by atoms with van der Waals surface area (Å²) in [6.45, 7) is 1.91. The van der Waals surface area contributed by atoms with Gasteiger partial charge in [-0.05, 0) is 41.6 Å². The van der Waals surface area contributed by atoms with Crippen molar-refractivity contribution in [1.29, 1.82) is 0 Å². The normalized spacial score (nSPS) is 10.6. The molecule has 6 heteroatoms. The van der Waals surface area contributed by atoms with Gasteiger partial charge < -0.3 is 15.5 Å². The Morgan fingerprint density at radius 1 is 1.50 bits per heavy atom. The van der Waals surface area contributed by atoms with Gasteiger partial charge in [0.15, 0.2) is 0 Å². The lowest BCUT2D eigenvalue weighted by Crippen LogP contribution is -2.19. The average molecular weight is 358 g/mol. The minimum absolute atomic E-state index is 0.0296. The van der Waals surface area contributed by atoms with Gasteiger partial charge in [-0.25, -0.2) is 4.79 Å². The fourth-order valence-corrected chi connectivity index (χ4v) is 2.12. The molecule has 1 aromatic heterocycles. The topological polar surface area (TPSA) is 85.2 Å². The number of nitrogens with one attached hydrogen (secondary N) is 1. The van der Waals surface area contributed by atoms with Crippen LogP contribution in [0.3, 0.4) is 0 Å². The van der Waals surface area contributed by atoms with Gasteiger partial charge in [0.1, 0.15) is 5.56 Å². The maximum atomic E-state index is 12.2. The Hall–Kier alpha value is -1.57. The third-order valence-electron chi connectivity index (χ3n) is 2.53. The lowest BCUT2D eigenvalue weighted by atomic mass is 10.1. The van der Waals surface area contributed by atoms with Crippen molar-refractivity contribution in [2.24, 2.45) is 0 Å². The fourth-order valence-electron chi connectivity index (χ4n) is 1.67. The number of aromatic nitrogens is 1. The van der Waals surface area contributed by atoms with Gasteiger partial charge in [0, 0.05) is 9.77 Å². The molecule has 94 valence electrons. The summed E-state index contributed by atoms with van der Waals surface area (Å²) in [5, 5.41) is 0.326. The Morgan fingerprint density at radius 2 is 2.22 bits per heavy atom. The summed E-state index contributed by atoms with van der Waals surface area (Å²) in [5.74, 6) is -0.640. The lowest BCUT2D eigenvalue weighted by Gasteiger charge is -2.06. The van der Waals surface area contributed by atoms with Crippen molar-refractivity contribution >= 4 is 45.2 Å². The molecule has 0 saturated carbocycles. The second kappa shape index (κ2) is 4.97. The number of anilines is 1. The van der Waals surface area contributed by atoms with E-state index in [4.69, 9.17) is 10.5 Å². The number of ether oxygens (including phenoxy) is 1. The largest absolute Gasteiger partial charge is 0.462 e. The van der Waals surface area contributed by atoms with Crippen molar-refractivity contribution in [2.45, 2.75) is 6.92 Å². The van der Waals surface area contributed by atoms with E-state index in [1.54, 1.807) is 19.1 Å². The van der Waals surface area contributed by atoms with Crippen LogP contribution in [0.25, 0.3) is 10.9 Å². The van der Waals surface area contributed by atoms with Crippen LogP contribution in [0, 0.1) is 3.57 Å². The van der Waals surface area contributed by atoms with Gasteiger partial charge in [0.25, 0.3) is 0 Å². The number of esters is 1. The summed E-state index contributed by atoms with van der Waals surface area (Å²) in [6, 6.07) is 3.56. The first kappa shape index (κ1) is 12.9. The smallest absolute Gasteiger partial charge is 0.343 e.